The highest BCUT2D eigenvalue weighted by molar-refractivity contribution is 5.94. The minimum atomic E-state index is -0.473. The summed E-state index contributed by atoms with van der Waals surface area (Å²) in [6.45, 7) is 5.19. The molecule has 8 nitrogen and oxygen atoms in total. The van der Waals surface area contributed by atoms with Crippen molar-refractivity contribution in [3.8, 4) is 0 Å². The first kappa shape index (κ1) is 23.1. The Balaban J connectivity index is 0.00000182. The van der Waals surface area contributed by atoms with E-state index in [4.69, 9.17) is 5.73 Å². The normalized spacial score (nSPS) is 18.6. The number of aryl methyl sites for hydroxylation is 1. The van der Waals surface area contributed by atoms with Gasteiger partial charge in [-0.25, -0.2) is 9.78 Å². The Kier molecular flexibility index (Phi) is 6.85. The van der Waals surface area contributed by atoms with Gasteiger partial charge in [0.05, 0.1) is 5.39 Å². The van der Waals surface area contributed by atoms with Crippen LogP contribution in [0.5, 0.6) is 0 Å². The molecule has 1 aliphatic heterocycles. The minimum absolute atomic E-state index is 0. The molecule has 27 heavy (non-hydrogen) atoms. The number of nitrogens with zero attached hydrogens (tertiary/aromatic N) is 4. The molecular weight excluding hydrogens is 393 g/mol. The monoisotopic (exact) mass is 417 g/mol. The van der Waals surface area contributed by atoms with Crippen LogP contribution in [-0.2, 0) is 14.1 Å². The first-order valence-corrected chi connectivity index (χ1v) is 8.25. The summed E-state index contributed by atoms with van der Waals surface area (Å²) in [5.41, 5.74) is 5.50. The van der Waals surface area contributed by atoms with Crippen molar-refractivity contribution < 1.29 is 4.79 Å². The fourth-order valence-electron chi connectivity index (χ4n) is 3.28. The minimum Gasteiger partial charge on any atom is -0.337 e. The second-order valence-corrected chi connectivity index (χ2v) is 7.38. The quantitative estimate of drug-likeness (QED) is 0.734. The molecule has 0 spiro atoms. The van der Waals surface area contributed by atoms with Crippen molar-refractivity contribution >= 4 is 41.8 Å². The second kappa shape index (κ2) is 8.00. The molecule has 2 aromatic rings. The van der Waals surface area contributed by atoms with Gasteiger partial charge in [-0.3, -0.25) is 18.7 Å². The topological polar surface area (TPSA) is 103 Å². The highest BCUT2D eigenvalue weighted by atomic mass is 35.5. The number of pyridine rings is 1. The van der Waals surface area contributed by atoms with Gasteiger partial charge >= 0.3 is 5.69 Å². The third kappa shape index (κ3) is 3.88. The van der Waals surface area contributed by atoms with Crippen molar-refractivity contribution in [1.29, 1.82) is 0 Å². The van der Waals surface area contributed by atoms with Gasteiger partial charge in [0.25, 0.3) is 11.5 Å². The zero-order valence-corrected chi connectivity index (χ0v) is 17.4. The van der Waals surface area contributed by atoms with E-state index in [1.165, 1.54) is 24.7 Å². The molecule has 1 saturated heterocycles. The van der Waals surface area contributed by atoms with E-state index in [2.05, 4.69) is 4.98 Å². The molecule has 2 N–H and O–H groups in total. The van der Waals surface area contributed by atoms with E-state index in [-0.39, 0.29) is 53.5 Å². The van der Waals surface area contributed by atoms with Crippen LogP contribution in [0.25, 0.3) is 11.0 Å². The molecule has 3 heterocycles. The molecule has 3 rings (SSSR count). The SMILES string of the molecule is Cl.Cl.Cn1c(=O)c2ccc(C(=O)N3CCC(N)C(C)(C)C3)nc2n(C)c1=O. The van der Waals surface area contributed by atoms with E-state index >= 15 is 0 Å². The van der Waals surface area contributed by atoms with Crippen molar-refractivity contribution in [2.45, 2.75) is 26.3 Å². The van der Waals surface area contributed by atoms with E-state index in [0.717, 1.165) is 11.0 Å². The highest BCUT2D eigenvalue weighted by Gasteiger charge is 2.36. The Morgan fingerprint density at radius 1 is 1.19 bits per heavy atom. The number of fused-ring (bicyclic) bond motifs is 1. The zero-order chi connectivity index (χ0) is 18.5. The highest BCUT2D eigenvalue weighted by Crippen LogP contribution is 2.28. The summed E-state index contributed by atoms with van der Waals surface area (Å²) in [5.74, 6) is -0.213. The van der Waals surface area contributed by atoms with Gasteiger partial charge in [-0.05, 0) is 24.0 Å². The molecule has 0 bridgehead atoms. The van der Waals surface area contributed by atoms with Crippen molar-refractivity contribution in [2.75, 3.05) is 13.1 Å². The summed E-state index contributed by atoms with van der Waals surface area (Å²) in [6, 6.07) is 3.14. The largest absolute Gasteiger partial charge is 0.337 e. The number of nitrogens with two attached hydrogens (primary N) is 1. The maximum Gasteiger partial charge on any atom is 0.332 e. The summed E-state index contributed by atoms with van der Waals surface area (Å²) in [6.07, 6.45) is 0.728. The summed E-state index contributed by atoms with van der Waals surface area (Å²) in [4.78, 5) is 43.2. The van der Waals surface area contributed by atoms with Crippen LogP contribution in [0.15, 0.2) is 21.7 Å². The maximum atomic E-state index is 12.8. The Hall–Kier alpha value is -1.90. The summed E-state index contributed by atoms with van der Waals surface area (Å²) >= 11 is 0. The number of aromatic nitrogens is 3. The number of hydrogen-bond acceptors (Lipinski definition) is 5. The van der Waals surface area contributed by atoms with E-state index in [1.54, 1.807) is 11.0 Å². The van der Waals surface area contributed by atoms with E-state index < -0.39 is 11.2 Å². The van der Waals surface area contributed by atoms with Gasteiger partial charge in [-0.1, -0.05) is 13.8 Å². The number of piperidine rings is 1. The summed E-state index contributed by atoms with van der Waals surface area (Å²) in [5, 5.41) is 0.308. The van der Waals surface area contributed by atoms with E-state index in [0.29, 0.717) is 18.5 Å². The molecule has 0 aromatic carbocycles. The number of hydrogen-bond donors (Lipinski definition) is 1. The lowest BCUT2D eigenvalue weighted by Crippen LogP contribution is -2.54. The average molecular weight is 418 g/mol. The number of rotatable bonds is 1. The van der Waals surface area contributed by atoms with Crippen molar-refractivity contribution in [1.82, 2.24) is 19.0 Å². The Bertz CT molecular complexity index is 983. The molecule has 1 aliphatic rings. The van der Waals surface area contributed by atoms with Crippen LogP contribution in [0, 0.1) is 5.41 Å². The maximum absolute atomic E-state index is 12.8. The standard InChI is InChI=1S/C17H23N5O3.2ClH/c1-17(2)9-22(8-7-12(17)18)15(24)11-6-5-10-13(19-11)20(3)16(25)21(4)14(10)23;;/h5-6,12H,7-9,18H2,1-4H3;2*1H. The van der Waals surface area contributed by atoms with Crippen LogP contribution >= 0.6 is 24.8 Å². The molecule has 1 fully saturated rings. The first-order chi connectivity index (χ1) is 11.6. The molecule has 1 atom stereocenters. The summed E-state index contributed by atoms with van der Waals surface area (Å²) in [7, 11) is 2.95. The van der Waals surface area contributed by atoms with Crippen LogP contribution in [0.3, 0.4) is 0 Å². The molecule has 0 radical (unpaired) electrons. The lowest BCUT2D eigenvalue weighted by molar-refractivity contribution is 0.0527. The molecule has 1 unspecified atom stereocenters. The number of carbonyl (C=O) groups is 1. The molecule has 0 aliphatic carbocycles. The third-order valence-electron chi connectivity index (χ3n) is 5.12. The number of amides is 1. The number of likely N-dealkylation sites (tertiary alicyclic amines) is 1. The van der Waals surface area contributed by atoms with E-state index in [1.807, 2.05) is 13.8 Å². The van der Waals surface area contributed by atoms with Crippen molar-refractivity contribution in [2.24, 2.45) is 25.2 Å². The summed E-state index contributed by atoms with van der Waals surface area (Å²) < 4.78 is 2.31. The predicted octanol–water partition coefficient (Wildman–Crippen LogP) is 0.675. The molecule has 150 valence electrons. The number of carbonyl (C=O) groups excluding carboxylic acids is 1. The van der Waals surface area contributed by atoms with Crippen LogP contribution in [0.1, 0.15) is 30.8 Å². The Labute approximate surface area is 169 Å². The molecule has 1 amide bonds. The van der Waals surface area contributed by atoms with Crippen molar-refractivity contribution in [3.05, 3.63) is 38.7 Å². The number of halogens is 2. The second-order valence-electron chi connectivity index (χ2n) is 7.38. The molecular formula is C17H25Cl2N5O3. The van der Waals surface area contributed by atoms with Crippen LogP contribution in [-0.4, -0.2) is 44.1 Å². The van der Waals surface area contributed by atoms with Crippen LogP contribution < -0.4 is 17.0 Å². The van der Waals surface area contributed by atoms with Gasteiger partial charge in [0.2, 0.25) is 0 Å². The molecule has 0 saturated carbocycles. The van der Waals surface area contributed by atoms with Gasteiger partial charge < -0.3 is 10.6 Å². The molecule has 2 aromatic heterocycles. The first-order valence-electron chi connectivity index (χ1n) is 8.25. The Morgan fingerprint density at radius 3 is 2.41 bits per heavy atom. The third-order valence-corrected chi connectivity index (χ3v) is 5.12. The van der Waals surface area contributed by atoms with Crippen LogP contribution in [0.4, 0.5) is 0 Å². The lowest BCUT2D eigenvalue weighted by atomic mass is 9.79. The zero-order valence-electron chi connectivity index (χ0n) is 15.8. The lowest BCUT2D eigenvalue weighted by Gasteiger charge is -2.42. The Morgan fingerprint density at radius 2 is 1.81 bits per heavy atom. The fourth-order valence-corrected chi connectivity index (χ4v) is 3.28. The fraction of sp³-hybridized carbons (Fsp3) is 0.529. The van der Waals surface area contributed by atoms with Gasteiger partial charge in [-0.15, -0.1) is 24.8 Å². The smallest absolute Gasteiger partial charge is 0.332 e. The molecule has 10 heteroatoms. The van der Waals surface area contributed by atoms with Crippen LogP contribution in [0.2, 0.25) is 0 Å². The van der Waals surface area contributed by atoms with Gasteiger partial charge in [0.15, 0.2) is 0 Å². The van der Waals surface area contributed by atoms with Gasteiger partial charge in [-0.2, -0.15) is 0 Å². The average Bonchev–Trinajstić information content (AvgIpc) is 2.59. The van der Waals surface area contributed by atoms with Gasteiger partial charge in [0, 0.05) is 33.2 Å². The predicted molar refractivity (Wildman–Crippen MR) is 109 cm³/mol. The van der Waals surface area contributed by atoms with E-state index in [9.17, 15) is 14.4 Å². The van der Waals surface area contributed by atoms with Crippen molar-refractivity contribution in [3.63, 3.8) is 0 Å². The van der Waals surface area contributed by atoms with Gasteiger partial charge in [0.1, 0.15) is 11.3 Å².